The first-order valence-electron chi connectivity index (χ1n) is 4.78. The molecule has 0 saturated carbocycles. The van der Waals surface area contributed by atoms with E-state index in [0.717, 1.165) is 0 Å². The quantitative estimate of drug-likeness (QED) is 0.583. The molecule has 0 fully saturated rings. The van der Waals surface area contributed by atoms with Crippen molar-refractivity contribution in [2.75, 3.05) is 13.7 Å². The van der Waals surface area contributed by atoms with Gasteiger partial charge in [-0.15, -0.1) is 0 Å². The van der Waals surface area contributed by atoms with Gasteiger partial charge < -0.3 is 15.2 Å². The maximum Gasteiger partial charge on any atom is 0.321 e. The largest absolute Gasteiger partial charge is 0.481 e. The average molecular weight is 232 g/mol. The van der Waals surface area contributed by atoms with Crippen LogP contribution in [0.3, 0.4) is 0 Å². The van der Waals surface area contributed by atoms with Crippen molar-refractivity contribution >= 4 is 17.9 Å². The number of carbonyl (C=O) groups is 3. The minimum absolute atomic E-state index is 0.153. The van der Waals surface area contributed by atoms with Crippen molar-refractivity contribution in [1.82, 2.24) is 10.6 Å². The molecule has 0 aliphatic heterocycles. The lowest BCUT2D eigenvalue weighted by atomic mass is 10.3. The molecule has 0 heterocycles. The van der Waals surface area contributed by atoms with Gasteiger partial charge in [0.15, 0.2) is 0 Å². The highest BCUT2D eigenvalue weighted by Crippen LogP contribution is 1.88. The predicted octanol–water partition coefficient (Wildman–Crippen LogP) is -0.288. The second-order valence-corrected chi connectivity index (χ2v) is 3.20. The smallest absolute Gasteiger partial charge is 0.321 e. The third-order valence-electron chi connectivity index (χ3n) is 1.77. The van der Waals surface area contributed by atoms with E-state index < -0.39 is 17.9 Å². The van der Waals surface area contributed by atoms with Crippen LogP contribution in [-0.2, 0) is 14.3 Å². The van der Waals surface area contributed by atoms with Crippen LogP contribution >= 0.6 is 0 Å². The summed E-state index contributed by atoms with van der Waals surface area (Å²) in [5, 5.41) is 12.7. The van der Waals surface area contributed by atoms with Crippen molar-refractivity contribution in [2.24, 2.45) is 0 Å². The molecule has 7 heteroatoms. The molecule has 0 aromatic heterocycles. The van der Waals surface area contributed by atoms with Gasteiger partial charge in [-0.05, 0) is 6.92 Å². The summed E-state index contributed by atoms with van der Waals surface area (Å²) in [6, 6.07) is -0.653. The minimum Gasteiger partial charge on any atom is -0.481 e. The third-order valence-corrected chi connectivity index (χ3v) is 1.77. The van der Waals surface area contributed by atoms with E-state index in [1.807, 2.05) is 5.32 Å². The van der Waals surface area contributed by atoms with Crippen molar-refractivity contribution < 1.29 is 24.2 Å². The van der Waals surface area contributed by atoms with E-state index in [-0.39, 0.29) is 25.5 Å². The number of urea groups is 1. The topological polar surface area (TPSA) is 105 Å². The molecule has 0 saturated heterocycles. The van der Waals surface area contributed by atoms with Crippen LogP contribution in [0.5, 0.6) is 0 Å². The van der Waals surface area contributed by atoms with Crippen LogP contribution in [0.25, 0.3) is 0 Å². The van der Waals surface area contributed by atoms with E-state index in [1.54, 1.807) is 6.92 Å². The predicted molar refractivity (Wildman–Crippen MR) is 54.9 cm³/mol. The lowest BCUT2D eigenvalue weighted by molar-refractivity contribution is -0.138. The zero-order chi connectivity index (χ0) is 12.6. The zero-order valence-electron chi connectivity index (χ0n) is 9.28. The van der Waals surface area contributed by atoms with Gasteiger partial charge in [-0.25, -0.2) is 4.79 Å². The molecule has 0 aromatic carbocycles. The summed E-state index contributed by atoms with van der Waals surface area (Å²) in [5.41, 5.74) is 0. The molecular formula is C9H16N2O5. The average Bonchev–Trinajstić information content (AvgIpc) is 2.23. The van der Waals surface area contributed by atoms with Crippen LogP contribution in [-0.4, -0.2) is 42.8 Å². The molecule has 0 aliphatic carbocycles. The molecule has 3 N–H and O–H groups in total. The fraction of sp³-hybridized carbons (Fsp3) is 0.667. The number of amides is 3. The van der Waals surface area contributed by atoms with Crippen LogP contribution in [0.15, 0.2) is 0 Å². The molecule has 0 radical (unpaired) electrons. The maximum absolute atomic E-state index is 11.1. The van der Waals surface area contributed by atoms with Crippen molar-refractivity contribution in [3.05, 3.63) is 0 Å². The molecule has 92 valence electrons. The number of ether oxygens (including phenoxy) is 1. The van der Waals surface area contributed by atoms with Gasteiger partial charge in [-0.2, -0.15) is 0 Å². The van der Waals surface area contributed by atoms with Crippen molar-refractivity contribution in [2.45, 2.75) is 25.9 Å². The Morgan fingerprint density at radius 3 is 2.44 bits per heavy atom. The molecular weight excluding hydrogens is 216 g/mol. The second-order valence-electron chi connectivity index (χ2n) is 3.20. The van der Waals surface area contributed by atoms with Crippen molar-refractivity contribution in [3.63, 3.8) is 0 Å². The highest BCUT2D eigenvalue weighted by atomic mass is 16.5. The van der Waals surface area contributed by atoms with Gasteiger partial charge in [-0.1, -0.05) is 0 Å². The van der Waals surface area contributed by atoms with E-state index in [2.05, 4.69) is 5.32 Å². The highest BCUT2D eigenvalue weighted by molar-refractivity contribution is 5.95. The monoisotopic (exact) mass is 232 g/mol. The molecule has 0 aliphatic rings. The normalized spacial score (nSPS) is 11.6. The fourth-order valence-electron chi connectivity index (χ4n) is 0.774. The number of hydrogen-bond acceptors (Lipinski definition) is 4. The number of imide groups is 1. The first-order chi connectivity index (χ1) is 7.45. The summed E-state index contributed by atoms with van der Waals surface area (Å²) >= 11 is 0. The standard InChI is InChI=1S/C9H16N2O5/c1-6(16-2)5-10-9(15)11-7(12)3-4-8(13)14/h6H,3-5H2,1-2H3,(H,13,14)(H2,10,11,12,15). The number of methoxy groups -OCH3 is 1. The maximum atomic E-state index is 11.1. The highest BCUT2D eigenvalue weighted by Gasteiger charge is 2.10. The van der Waals surface area contributed by atoms with Gasteiger partial charge in [0.25, 0.3) is 0 Å². The van der Waals surface area contributed by atoms with E-state index in [0.29, 0.717) is 0 Å². The molecule has 7 nitrogen and oxygen atoms in total. The first kappa shape index (κ1) is 14.4. The number of carboxylic acid groups (broad SMARTS) is 1. The van der Waals surface area contributed by atoms with Gasteiger partial charge in [-0.3, -0.25) is 14.9 Å². The van der Waals surface area contributed by atoms with Crippen LogP contribution in [0, 0.1) is 0 Å². The van der Waals surface area contributed by atoms with Gasteiger partial charge in [0.1, 0.15) is 0 Å². The Kier molecular flexibility index (Phi) is 6.86. The minimum atomic E-state index is -1.08. The number of aliphatic carboxylic acids is 1. The number of carbonyl (C=O) groups excluding carboxylic acids is 2. The van der Waals surface area contributed by atoms with Crippen molar-refractivity contribution in [3.8, 4) is 0 Å². The molecule has 0 spiro atoms. The summed E-state index contributed by atoms with van der Waals surface area (Å²) < 4.78 is 4.88. The van der Waals surface area contributed by atoms with Crippen LogP contribution in [0.4, 0.5) is 4.79 Å². The molecule has 1 unspecified atom stereocenters. The lowest BCUT2D eigenvalue weighted by Gasteiger charge is -2.10. The van der Waals surface area contributed by atoms with Gasteiger partial charge in [0, 0.05) is 20.1 Å². The van der Waals surface area contributed by atoms with Crippen LogP contribution in [0.1, 0.15) is 19.8 Å². The number of nitrogens with one attached hydrogen (secondary N) is 2. The van der Waals surface area contributed by atoms with E-state index in [9.17, 15) is 14.4 Å². The molecule has 3 amide bonds. The Hall–Kier alpha value is -1.63. The summed E-state index contributed by atoms with van der Waals surface area (Å²) in [4.78, 5) is 32.2. The molecule has 1 atom stereocenters. The van der Waals surface area contributed by atoms with Gasteiger partial charge in [0.05, 0.1) is 12.5 Å². The van der Waals surface area contributed by atoms with Crippen molar-refractivity contribution in [1.29, 1.82) is 0 Å². The number of carboxylic acids is 1. The van der Waals surface area contributed by atoms with Crippen LogP contribution in [0.2, 0.25) is 0 Å². The lowest BCUT2D eigenvalue weighted by Crippen LogP contribution is -2.42. The Balaban J connectivity index is 3.70. The fourth-order valence-corrected chi connectivity index (χ4v) is 0.774. The zero-order valence-corrected chi connectivity index (χ0v) is 9.28. The van der Waals surface area contributed by atoms with E-state index >= 15 is 0 Å². The molecule has 0 aromatic rings. The number of hydrogen-bond donors (Lipinski definition) is 3. The summed E-state index contributed by atoms with van der Waals surface area (Å²) in [7, 11) is 1.50. The second kappa shape index (κ2) is 7.63. The summed E-state index contributed by atoms with van der Waals surface area (Å²) in [6.07, 6.45) is -0.671. The SMILES string of the molecule is COC(C)CNC(=O)NC(=O)CCC(=O)O. The Labute approximate surface area is 93.2 Å². The van der Waals surface area contributed by atoms with E-state index in [4.69, 9.17) is 9.84 Å². The molecule has 0 rings (SSSR count). The Morgan fingerprint density at radius 1 is 1.31 bits per heavy atom. The van der Waals surface area contributed by atoms with Gasteiger partial charge in [0.2, 0.25) is 5.91 Å². The Morgan fingerprint density at radius 2 is 1.94 bits per heavy atom. The third kappa shape index (κ3) is 7.74. The number of rotatable bonds is 6. The van der Waals surface area contributed by atoms with E-state index in [1.165, 1.54) is 7.11 Å². The van der Waals surface area contributed by atoms with Crippen LogP contribution < -0.4 is 10.6 Å². The Bertz CT molecular complexity index is 267. The summed E-state index contributed by atoms with van der Waals surface area (Å²) in [5.74, 6) is -1.70. The first-order valence-corrected chi connectivity index (χ1v) is 4.78. The molecule has 16 heavy (non-hydrogen) atoms. The molecule has 0 bridgehead atoms. The summed E-state index contributed by atoms with van der Waals surface area (Å²) in [6.45, 7) is 2.03. The van der Waals surface area contributed by atoms with Gasteiger partial charge >= 0.3 is 12.0 Å².